The zero-order valence-corrected chi connectivity index (χ0v) is 13.4. The first-order valence-electron chi connectivity index (χ1n) is 7.07. The molecule has 0 saturated carbocycles. The molecule has 1 fully saturated rings. The van der Waals surface area contributed by atoms with Crippen molar-refractivity contribution in [2.45, 2.75) is 18.9 Å². The molecule has 1 aliphatic rings. The molecule has 1 saturated heterocycles. The van der Waals surface area contributed by atoms with E-state index in [0.29, 0.717) is 13.0 Å². The molecule has 1 atom stereocenters. The fourth-order valence-corrected chi connectivity index (χ4v) is 3.74. The first-order valence-corrected chi connectivity index (χ1v) is 8.72. The Morgan fingerprint density at radius 1 is 1.35 bits per heavy atom. The third-order valence-electron chi connectivity index (χ3n) is 3.44. The lowest BCUT2D eigenvalue weighted by atomic mass is 10.2. The molecule has 1 heterocycles. The summed E-state index contributed by atoms with van der Waals surface area (Å²) in [6, 6.07) is 2.58. The molecule has 23 heavy (non-hydrogen) atoms. The van der Waals surface area contributed by atoms with E-state index in [1.807, 2.05) is 0 Å². The molecular formula is C14H18F2N2O4S. The second-order valence-electron chi connectivity index (χ2n) is 5.26. The number of para-hydroxylation sites is 1. The van der Waals surface area contributed by atoms with Crippen molar-refractivity contribution >= 4 is 21.6 Å². The Morgan fingerprint density at radius 2 is 2.00 bits per heavy atom. The van der Waals surface area contributed by atoms with Crippen LogP contribution in [0.1, 0.15) is 12.8 Å². The molecular weight excluding hydrogens is 330 g/mol. The van der Waals surface area contributed by atoms with E-state index in [9.17, 15) is 22.0 Å². The van der Waals surface area contributed by atoms with E-state index >= 15 is 0 Å². The molecule has 6 nitrogen and oxygen atoms in total. The number of nitrogens with zero attached hydrogens (tertiary/aromatic N) is 1. The molecule has 1 aromatic rings. The van der Waals surface area contributed by atoms with E-state index in [2.05, 4.69) is 4.72 Å². The lowest BCUT2D eigenvalue weighted by molar-refractivity contribution is -0.117. The van der Waals surface area contributed by atoms with Crippen molar-refractivity contribution in [3.63, 3.8) is 0 Å². The Hall–Kier alpha value is -1.58. The van der Waals surface area contributed by atoms with Gasteiger partial charge in [-0.1, -0.05) is 6.07 Å². The number of amides is 1. The van der Waals surface area contributed by atoms with Gasteiger partial charge in [-0.3, -0.25) is 4.79 Å². The quantitative estimate of drug-likeness (QED) is 0.747. The van der Waals surface area contributed by atoms with Crippen LogP contribution in [0.25, 0.3) is 0 Å². The molecule has 0 aliphatic carbocycles. The highest BCUT2D eigenvalue weighted by Gasteiger charge is 2.35. The van der Waals surface area contributed by atoms with Crippen molar-refractivity contribution < 1.29 is 26.7 Å². The number of benzene rings is 1. The third kappa shape index (κ3) is 4.46. The van der Waals surface area contributed by atoms with Crippen LogP contribution < -0.4 is 9.62 Å². The van der Waals surface area contributed by atoms with Gasteiger partial charge < -0.3 is 9.64 Å². The second-order valence-corrected chi connectivity index (χ2v) is 7.13. The second kappa shape index (κ2) is 7.33. The van der Waals surface area contributed by atoms with Gasteiger partial charge in [0.1, 0.15) is 17.3 Å². The number of ether oxygens (including phenoxy) is 1. The standard InChI is InChI=1S/C14H18F2N2O4S/c1-22-6-3-7-23(20,21)17-10-8-13(19)18(9-10)14-11(15)4-2-5-12(14)16/h2,4-5,10,17H,3,6-9H2,1H3. The van der Waals surface area contributed by atoms with Gasteiger partial charge >= 0.3 is 0 Å². The number of nitrogens with one attached hydrogen (secondary N) is 1. The average molecular weight is 348 g/mol. The highest BCUT2D eigenvalue weighted by molar-refractivity contribution is 7.89. The van der Waals surface area contributed by atoms with E-state index in [-0.39, 0.29) is 18.7 Å². The number of carbonyl (C=O) groups is 1. The fourth-order valence-electron chi connectivity index (χ4n) is 2.46. The van der Waals surface area contributed by atoms with Crippen LogP contribution in [0.5, 0.6) is 0 Å². The monoisotopic (exact) mass is 348 g/mol. The molecule has 0 aromatic heterocycles. The molecule has 0 bridgehead atoms. The first kappa shape index (κ1) is 17.8. The largest absolute Gasteiger partial charge is 0.385 e. The van der Waals surface area contributed by atoms with Crippen LogP contribution >= 0.6 is 0 Å². The van der Waals surface area contributed by atoms with Crippen molar-refractivity contribution in [1.29, 1.82) is 0 Å². The summed E-state index contributed by atoms with van der Waals surface area (Å²) in [4.78, 5) is 12.9. The molecule has 2 rings (SSSR count). The molecule has 128 valence electrons. The Kier molecular flexibility index (Phi) is 5.66. The Morgan fingerprint density at radius 3 is 2.61 bits per heavy atom. The summed E-state index contributed by atoms with van der Waals surface area (Å²) in [7, 11) is -2.11. The van der Waals surface area contributed by atoms with Crippen LogP contribution in [0.2, 0.25) is 0 Å². The molecule has 1 N–H and O–H groups in total. The van der Waals surface area contributed by atoms with Crippen molar-refractivity contribution in [3.8, 4) is 0 Å². The van der Waals surface area contributed by atoms with Gasteiger partial charge in [-0.25, -0.2) is 21.9 Å². The topological polar surface area (TPSA) is 75.7 Å². The number of halogens is 2. The number of rotatable bonds is 7. The minimum absolute atomic E-state index is 0.111. The molecule has 1 aromatic carbocycles. The Balaban J connectivity index is 2.06. The van der Waals surface area contributed by atoms with E-state index < -0.39 is 39.3 Å². The summed E-state index contributed by atoms with van der Waals surface area (Å²) in [5.74, 6) is -2.39. The van der Waals surface area contributed by atoms with Gasteiger partial charge in [0.25, 0.3) is 0 Å². The molecule has 9 heteroatoms. The molecule has 1 unspecified atom stereocenters. The fraction of sp³-hybridized carbons (Fsp3) is 0.500. The minimum Gasteiger partial charge on any atom is -0.385 e. The minimum atomic E-state index is -3.58. The van der Waals surface area contributed by atoms with E-state index in [0.717, 1.165) is 17.0 Å². The third-order valence-corrected chi connectivity index (χ3v) is 4.96. The van der Waals surface area contributed by atoms with Crippen molar-refractivity contribution in [1.82, 2.24) is 4.72 Å². The smallest absolute Gasteiger partial charge is 0.228 e. The Bertz CT molecular complexity index is 661. The van der Waals surface area contributed by atoms with Gasteiger partial charge in [0, 0.05) is 32.7 Å². The van der Waals surface area contributed by atoms with Crippen LogP contribution in [0, 0.1) is 11.6 Å². The summed E-state index contributed by atoms with van der Waals surface area (Å²) in [6.07, 6.45) is 0.176. The van der Waals surface area contributed by atoms with Crippen molar-refractivity contribution in [3.05, 3.63) is 29.8 Å². The van der Waals surface area contributed by atoms with Gasteiger partial charge in [-0.05, 0) is 18.6 Å². The van der Waals surface area contributed by atoms with Crippen LogP contribution in [-0.2, 0) is 19.6 Å². The maximum atomic E-state index is 13.8. The summed E-state index contributed by atoms with van der Waals surface area (Å²) >= 11 is 0. The number of methoxy groups -OCH3 is 1. The number of anilines is 1. The van der Waals surface area contributed by atoms with Crippen LogP contribution in [0.3, 0.4) is 0 Å². The van der Waals surface area contributed by atoms with Gasteiger partial charge in [-0.15, -0.1) is 0 Å². The maximum Gasteiger partial charge on any atom is 0.228 e. The zero-order chi connectivity index (χ0) is 17.0. The molecule has 0 radical (unpaired) electrons. The molecule has 1 amide bonds. The zero-order valence-electron chi connectivity index (χ0n) is 12.6. The van der Waals surface area contributed by atoms with E-state index in [4.69, 9.17) is 4.74 Å². The highest BCUT2D eigenvalue weighted by atomic mass is 32.2. The Labute approximate surface area is 133 Å². The van der Waals surface area contributed by atoms with Crippen LogP contribution in [0.4, 0.5) is 14.5 Å². The van der Waals surface area contributed by atoms with E-state index in [1.54, 1.807) is 0 Å². The molecule has 0 spiro atoms. The predicted octanol–water partition coefficient (Wildman–Crippen LogP) is 1.03. The van der Waals surface area contributed by atoms with Crippen LogP contribution in [-0.4, -0.2) is 46.4 Å². The average Bonchev–Trinajstić information content (AvgIpc) is 2.78. The lowest BCUT2D eigenvalue weighted by Crippen LogP contribution is -2.38. The maximum absolute atomic E-state index is 13.8. The number of carbonyl (C=O) groups excluding carboxylic acids is 1. The van der Waals surface area contributed by atoms with Gasteiger partial charge in [0.2, 0.25) is 15.9 Å². The van der Waals surface area contributed by atoms with Crippen molar-refractivity contribution in [2.24, 2.45) is 0 Å². The van der Waals surface area contributed by atoms with Crippen LogP contribution in [0.15, 0.2) is 18.2 Å². The highest BCUT2D eigenvalue weighted by Crippen LogP contribution is 2.27. The van der Waals surface area contributed by atoms with Gasteiger partial charge in [0.05, 0.1) is 5.75 Å². The van der Waals surface area contributed by atoms with Gasteiger partial charge in [0.15, 0.2) is 0 Å². The summed E-state index contributed by atoms with van der Waals surface area (Å²) in [5, 5.41) is 0. The number of hydrogen-bond acceptors (Lipinski definition) is 4. The first-order chi connectivity index (χ1) is 10.8. The number of hydrogen-bond donors (Lipinski definition) is 1. The normalized spacial score (nSPS) is 18.7. The summed E-state index contributed by atoms with van der Waals surface area (Å²) in [5.41, 5.74) is -0.446. The SMILES string of the molecule is COCCCS(=O)(=O)NC1CC(=O)N(c2c(F)cccc2F)C1. The van der Waals surface area contributed by atoms with Crippen molar-refractivity contribution in [2.75, 3.05) is 30.9 Å². The van der Waals surface area contributed by atoms with Gasteiger partial charge in [-0.2, -0.15) is 0 Å². The molecule has 1 aliphatic heterocycles. The predicted molar refractivity (Wildman–Crippen MR) is 80.5 cm³/mol. The summed E-state index contributed by atoms with van der Waals surface area (Å²) in [6.45, 7) is 0.192. The summed E-state index contributed by atoms with van der Waals surface area (Å²) < 4.78 is 58.5. The number of sulfonamides is 1. The lowest BCUT2D eigenvalue weighted by Gasteiger charge is -2.18. The van der Waals surface area contributed by atoms with E-state index in [1.165, 1.54) is 13.2 Å².